The van der Waals surface area contributed by atoms with E-state index < -0.39 is 8.07 Å². The van der Waals surface area contributed by atoms with E-state index in [9.17, 15) is 5.11 Å². The average molecular weight is 347 g/mol. The number of aryl methyl sites for hydroxylation is 1. The van der Waals surface area contributed by atoms with E-state index in [1.54, 1.807) is 0 Å². The van der Waals surface area contributed by atoms with Crippen molar-refractivity contribution in [2.24, 2.45) is 0 Å². The minimum absolute atomic E-state index is 0.227. The number of hydrogen-bond acceptors (Lipinski definition) is 1. The fourth-order valence-corrected chi connectivity index (χ4v) is 10.3. The van der Waals surface area contributed by atoms with Crippen molar-refractivity contribution in [3.63, 3.8) is 0 Å². The maximum atomic E-state index is 10.2. The number of benzene rings is 1. The zero-order valence-corrected chi connectivity index (χ0v) is 17.6. The number of hydrogen-bond donors (Lipinski definition) is 1. The van der Waals surface area contributed by atoms with Gasteiger partial charge in [0.1, 0.15) is 0 Å². The average Bonchev–Trinajstić information content (AvgIpc) is 2.52. The van der Waals surface area contributed by atoms with E-state index in [0.717, 1.165) is 35.9 Å². The van der Waals surface area contributed by atoms with Crippen LogP contribution in [0, 0.1) is 0 Å². The van der Waals surface area contributed by atoms with Crippen LogP contribution in [0.3, 0.4) is 0 Å². The molecular formula is C22H38OSi. The van der Waals surface area contributed by atoms with Crippen LogP contribution in [0.4, 0.5) is 0 Å². The Morgan fingerprint density at radius 3 is 1.92 bits per heavy atom. The lowest BCUT2D eigenvalue weighted by Crippen LogP contribution is -2.43. The van der Waals surface area contributed by atoms with Gasteiger partial charge in [-0.05, 0) is 30.9 Å². The number of allylic oxidation sites excluding steroid dienone is 1. The molecule has 1 aromatic carbocycles. The third-order valence-electron chi connectivity index (χ3n) is 5.88. The van der Waals surface area contributed by atoms with Gasteiger partial charge in [-0.15, -0.1) is 0 Å². The lowest BCUT2D eigenvalue weighted by molar-refractivity contribution is 0.168. The smallest absolute Gasteiger partial charge is 0.0650 e. The SMILES string of the molecule is CC(C)[Si](CC=CCC(O)CCc1ccccc1)(C(C)C)C(C)C. The first-order valence-electron chi connectivity index (χ1n) is 9.67. The molecule has 0 radical (unpaired) electrons. The standard InChI is InChI=1S/C22H38OSi/c1-18(2)24(19(3)4,20(5)6)17-11-10-14-22(23)16-15-21-12-8-7-9-13-21/h7-13,18-20,22-23H,14-17H2,1-6H3. The lowest BCUT2D eigenvalue weighted by atomic mass is 10.1. The largest absolute Gasteiger partial charge is 0.393 e. The molecule has 1 unspecified atom stereocenters. The van der Waals surface area contributed by atoms with Crippen LogP contribution in [0.25, 0.3) is 0 Å². The Bertz CT molecular complexity index is 454. The molecule has 1 N–H and O–H groups in total. The quantitative estimate of drug-likeness (QED) is 0.373. The van der Waals surface area contributed by atoms with Crippen LogP contribution >= 0.6 is 0 Å². The fourth-order valence-electron chi connectivity index (χ4n) is 4.34. The molecule has 1 nitrogen and oxygen atoms in total. The van der Waals surface area contributed by atoms with Crippen molar-refractivity contribution in [2.75, 3.05) is 0 Å². The van der Waals surface area contributed by atoms with Gasteiger partial charge < -0.3 is 5.11 Å². The predicted octanol–water partition coefficient (Wildman–Crippen LogP) is 6.61. The van der Waals surface area contributed by atoms with Crippen molar-refractivity contribution in [3.8, 4) is 0 Å². The van der Waals surface area contributed by atoms with Gasteiger partial charge in [0.2, 0.25) is 0 Å². The molecule has 0 aromatic heterocycles. The van der Waals surface area contributed by atoms with Gasteiger partial charge in [0.05, 0.1) is 14.2 Å². The highest BCUT2D eigenvalue weighted by Gasteiger charge is 2.41. The summed E-state index contributed by atoms with van der Waals surface area (Å²) in [4.78, 5) is 0. The van der Waals surface area contributed by atoms with Gasteiger partial charge in [-0.1, -0.05) is 101 Å². The minimum Gasteiger partial charge on any atom is -0.393 e. The van der Waals surface area contributed by atoms with Gasteiger partial charge in [0.15, 0.2) is 0 Å². The Balaban J connectivity index is 2.50. The van der Waals surface area contributed by atoms with Gasteiger partial charge in [-0.2, -0.15) is 0 Å². The van der Waals surface area contributed by atoms with Crippen molar-refractivity contribution in [3.05, 3.63) is 48.0 Å². The van der Waals surface area contributed by atoms with Crippen LogP contribution in [-0.2, 0) is 6.42 Å². The number of rotatable bonds is 10. The molecule has 0 aliphatic rings. The van der Waals surface area contributed by atoms with Crippen LogP contribution in [0.2, 0.25) is 22.7 Å². The molecule has 0 amide bonds. The summed E-state index contributed by atoms with van der Waals surface area (Å²) in [5.41, 5.74) is 3.70. The van der Waals surface area contributed by atoms with Crippen molar-refractivity contribution >= 4 is 8.07 Å². The second kappa shape index (κ2) is 10.2. The molecule has 0 fully saturated rings. The molecule has 0 aliphatic heterocycles. The maximum Gasteiger partial charge on any atom is 0.0650 e. The highest BCUT2D eigenvalue weighted by molar-refractivity contribution is 6.83. The van der Waals surface area contributed by atoms with Crippen LogP contribution in [-0.4, -0.2) is 19.3 Å². The van der Waals surface area contributed by atoms with E-state index in [1.165, 1.54) is 11.6 Å². The molecule has 0 aliphatic carbocycles. The van der Waals surface area contributed by atoms with Gasteiger partial charge in [0, 0.05) is 0 Å². The molecule has 0 bridgehead atoms. The second-order valence-electron chi connectivity index (χ2n) is 8.17. The van der Waals surface area contributed by atoms with Crippen LogP contribution in [0.1, 0.15) is 59.9 Å². The van der Waals surface area contributed by atoms with E-state index in [1.807, 2.05) is 6.07 Å². The summed E-state index contributed by atoms with van der Waals surface area (Å²) in [6.45, 7) is 14.5. The molecule has 1 rings (SSSR count). The summed E-state index contributed by atoms with van der Waals surface area (Å²) in [6, 6.07) is 11.7. The first-order valence-corrected chi connectivity index (χ1v) is 12.1. The normalized spacial score (nSPS) is 14.2. The summed E-state index contributed by atoms with van der Waals surface area (Å²) in [7, 11) is -1.34. The minimum atomic E-state index is -1.34. The van der Waals surface area contributed by atoms with Gasteiger partial charge in [-0.25, -0.2) is 0 Å². The van der Waals surface area contributed by atoms with E-state index in [-0.39, 0.29) is 6.10 Å². The van der Waals surface area contributed by atoms with Gasteiger partial charge >= 0.3 is 0 Å². The van der Waals surface area contributed by atoms with Gasteiger partial charge in [0.25, 0.3) is 0 Å². The highest BCUT2D eigenvalue weighted by atomic mass is 28.3. The summed E-state index contributed by atoms with van der Waals surface area (Å²) in [6.07, 6.45) is 6.96. The van der Waals surface area contributed by atoms with E-state index in [2.05, 4.69) is 78.0 Å². The Morgan fingerprint density at radius 2 is 1.42 bits per heavy atom. The Morgan fingerprint density at radius 1 is 0.875 bits per heavy atom. The summed E-state index contributed by atoms with van der Waals surface area (Å²) in [5, 5.41) is 10.2. The van der Waals surface area contributed by atoms with Gasteiger partial charge in [-0.3, -0.25) is 0 Å². The van der Waals surface area contributed by atoms with Crippen molar-refractivity contribution < 1.29 is 5.11 Å². The zero-order valence-electron chi connectivity index (χ0n) is 16.6. The van der Waals surface area contributed by atoms with E-state index >= 15 is 0 Å². The van der Waals surface area contributed by atoms with Crippen molar-refractivity contribution in [1.29, 1.82) is 0 Å². The molecule has 0 heterocycles. The fraction of sp³-hybridized carbons (Fsp3) is 0.636. The number of aliphatic hydroxyl groups is 1. The molecule has 1 aromatic rings. The first kappa shape index (κ1) is 21.2. The Labute approximate surface area is 151 Å². The third kappa shape index (κ3) is 5.89. The molecular weight excluding hydrogens is 308 g/mol. The van der Waals surface area contributed by atoms with Crippen molar-refractivity contribution in [1.82, 2.24) is 0 Å². The monoisotopic (exact) mass is 346 g/mol. The zero-order chi connectivity index (χ0) is 18.2. The first-order chi connectivity index (χ1) is 11.3. The molecule has 24 heavy (non-hydrogen) atoms. The molecule has 1 atom stereocenters. The molecule has 0 saturated carbocycles. The van der Waals surface area contributed by atoms with Crippen molar-refractivity contribution in [2.45, 2.75) is 89.6 Å². The van der Waals surface area contributed by atoms with E-state index in [0.29, 0.717) is 0 Å². The maximum absolute atomic E-state index is 10.2. The Kier molecular flexibility index (Phi) is 9.00. The Hall–Kier alpha value is -0.863. The topological polar surface area (TPSA) is 20.2 Å². The second-order valence-corrected chi connectivity index (χ2v) is 14.3. The lowest BCUT2D eigenvalue weighted by Gasteiger charge is -2.42. The predicted molar refractivity (Wildman–Crippen MR) is 110 cm³/mol. The summed E-state index contributed by atoms with van der Waals surface area (Å²) < 4.78 is 0. The van der Waals surface area contributed by atoms with Crippen LogP contribution in [0.15, 0.2) is 42.5 Å². The molecule has 0 saturated heterocycles. The molecule has 136 valence electrons. The van der Waals surface area contributed by atoms with Crippen LogP contribution in [0.5, 0.6) is 0 Å². The van der Waals surface area contributed by atoms with Crippen LogP contribution < -0.4 is 0 Å². The highest BCUT2D eigenvalue weighted by Crippen LogP contribution is 2.44. The summed E-state index contributed by atoms with van der Waals surface area (Å²) >= 11 is 0. The molecule has 0 spiro atoms. The third-order valence-corrected chi connectivity index (χ3v) is 13.3. The van der Waals surface area contributed by atoms with E-state index in [4.69, 9.17) is 0 Å². The molecule has 2 heteroatoms. The number of aliphatic hydroxyl groups excluding tert-OH is 1. The summed E-state index contributed by atoms with van der Waals surface area (Å²) in [5.74, 6) is 0.